The predicted molar refractivity (Wildman–Crippen MR) is 88.9 cm³/mol. The first-order valence-corrected chi connectivity index (χ1v) is 7.33. The van der Waals surface area contributed by atoms with Crippen LogP contribution in [0.2, 0.25) is 0 Å². The third-order valence-electron chi connectivity index (χ3n) is 3.97. The van der Waals surface area contributed by atoms with Gasteiger partial charge in [0.15, 0.2) is 5.78 Å². The van der Waals surface area contributed by atoms with Crippen molar-refractivity contribution in [2.45, 2.75) is 12.8 Å². The normalized spacial score (nSPS) is 19.4. The summed E-state index contributed by atoms with van der Waals surface area (Å²) in [5.41, 5.74) is 3.88. The molecular formula is C20H18O2. The van der Waals surface area contributed by atoms with E-state index in [9.17, 15) is 4.79 Å². The standard InChI is InChI=1S/C20H18O2/c1-14-12-19(16-6-4-3-5-7-16)20(21)18(14)13-15-8-10-17(22-2)11-9-15/h3-13,19H,1-2H3/b18-13-. The molecule has 0 bridgehead atoms. The third-order valence-corrected chi connectivity index (χ3v) is 3.97. The average molecular weight is 290 g/mol. The van der Waals surface area contributed by atoms with Gasteiger partial charge in [0.2, 0.25) is 0 Å². The van der Waals surface area contributed by atoms with Gasteiger partial charge in [0.05, 0.1) is 13.0 Å². The number of benzene rings is 2. The summed E-state index contributed by atoms with van der Waals surface area (Å²) in [5, 5.41) is 0. The van der Waals surface area contributed by atoms with Gasteiger partial charge in [0.25, 0.3) is 0 Å². The molecule has 2 heteroatoms. The number of Topliss-reactive ketones (excluding diaryl/α,β-unsaturated/α-hetero) is 1. The van der Waals surface area contributed by atoms with Crippen molar-refractivity contribution >= 4 is 11.9 Å². The minimum absolute atomic E-state index is 0.161. The van der Waals surface area contributed by atoms with E-state index in [1.165, 1.54) is 0 Å². The van der Waals surface area contributed by atoms with E-state index in [1.807, 2.05) is 73.7 Å². The molecule has 2 aromatic rings. The highest BCUT2D eigenvalue weighted by Gasteiger charge is 2.28. The van der Waals surface area contributed by atoms with Crippen molar-refractivity contribution in [3.05, 3.63) is 82.9 Å². The second-order valence-electron chi connectivity index (χ2n) is 5.43. The number of carbonyl (C=O) groups excluding carboxylic acids is 1. The Balaban J connectivity index is 1.90. The molecule has 0 N–H and O–H groups in total. The Morgan fingerprint density at radius 2 is 1.68 bits per heavy atom. The van der Waals surface area contributed by atoms with Crippen molar-refractivity contribution < 1.29 is 9.53 Å². The van der Waals surface area contributed by atoms with E-state index in [-0.39, 0.29) is 11.7 Å². The smallest absolute Gasteiger partial charge is 0.174 e. The lowest BCUT2D eigenvalue weighted by Crippen LogP contribution is -2.06. The molecule has 0 aromatic heterocycles. The van der Waals surface area contributed by atoms with Crippen molar-refractivity contribution in [3.63, 3.8) is 0 Å². The van der Waals surface area contributed by atoms with Gasteiger partial charge in [-0.15, -0.1) is 0 Å². The lowest BCUT2D eigenvalue weighted by Gasteiger charge is -2.07. The predicted octanol–water partition coefficient (Wildman–Crippen LogP) is 4.39. The molecule has 1 atom stereocenters. The van der Waals surface area contributed by atoms with E-state index in [0.717, 1.165) is 28.0 Å². The van der Waals surface area contributed by atoms with Crippen LogP contribution in [0.5, 0.6) is 5.75 Å². The Hall–Kier alpha value is -2.61. The van der Waals surface area contributed by atoms with Crippen molar-refractivity contribution in [2.24, 2.45) is 0 Å². The SMILES string of the molecule is COc1ccc(/C=C2\C(=O)C(c3ccccc3)C=C2C)cc1. The fraction of sp³-hybridized carbons (Fsp3) is 0.150. The van der Waals surface area contributed by atoms with Crippen LogP contribution in [0.25, 0.3) is 6.08 Å². The molecule has 2 nitrogen and oxygen atoms in total. The summed E-state index contributed by atoms with van der Waals surface area (Å²) in [6.45, 7) is 2.00. The average Bonchev–Trinajstić information content (AvgIpc) is 2.84. The first-order valence-electron chi connectivity index (χ1n) is 7.33. The van der Waals surface area contributed by atoms with Gasteiger partial charge >= 0.3 is 0 Å². The van der Waals surface area contributed by atoms with Gasteiger partial charge in [-0.3, -0.25) is 4.79 Å². The van der Waals surface area contributed by atoms with E-state index in [4.69, 9.17) is 4.74 Å². The maximum atomic E-state index is 12.7. The summed E-state index contributed by atoms with van der Waals surface area (Å²) < 4.78 is 5.16. The zero-order chi connectivity index (χ0) is 15.5. The molecular weight excluding hydrogens is 272 g/mol. The second-order valence-corrected chi connectivity index (χ2v) is 5.43. The van der Waals surface area contributed by atoms with E-state index < -0.39 is 0 Å². The molecule has 0 radical (unpaired) electrons. The van der Waals surface area contributed by atoms with Crippen molar-refractivity contribution in [2.75, 3.05) is 7.11 Å². The number of methoxy groups -OCH3 is 1. The van der Waals surface area contributed by atoms with E-state index >= 15 is 0 Å². The number of rotatable bonds is 3. The van der Waals surface area contributed by atoms with Gasteiger partial charge < -0.3 is 4.74 Å². The van der Waals surface area contributed by atoms with Crippen LogP contribution in [0.15, 0.2) is 71.8 Å². The topological polar surface area (TPSA) is 26.3 Å². The molecule has 0 aliphatic heterocycles. The highest BCUT2D eigenvalue weighted by molar-refractivity contribution is 6.11. The molecule has 1 aliphatic carbocycles. The van der Waals surface area contributed by atoms with Crippen LogP contribution >= 0.6 is 0 Å². The second kappa shape index (κ2) is 6.02. The lowest BCUT2D eigenvalue weighted by atomic mass is 9.95. The zero-order valence-electron chi connectivity index (χ0n) is 12.7. The molecule has 3 rings (SSSR count). The van der Waals surface area contributed by atoms with Crippen LogP contribution in [0.1, 0.15) is 24.0 Å². The zero-order valence-corrected chi connectivity index (χ0v) is 12.7. The third kappa shape index (κ3) is 2.73. The van der Waals surface area contributed by atoms with E-state index in [0.29, 0.717) is 0 Å². The summed E-state index contributed by atoms with van der Waals surface area (Å²) in [6, 6.07) is 17.6. The highest BCUT2D eigenvalue weighted by atomic mass is 16.5. The minimum Gasteiger partial charge on any atom is -0.497 e. The molecule has 0 fully saturated rings. The van der Waals surface area contributed by atoms with Gasteiger partial charge in [-0.2, -0.15) is 0 Å². The summed E-state index contributed by atoms with van der Waals surface area (Å²) >= 11 is 0. The van der Waals surface area contributed by atoms with Crippen molar-refractivity contribution in [1.29, 1.82) is 0 Å². The van der Waals surface area contributed by atoms with Crippen LogP contribution in [-0.4, -0.2) is 12.9 Å². The van der Waals surface area contributed by atoms with Crippen molar-refractivity contribution in [1.82, 2.24) is 0 Å². The number of hydrogen-bond donors (Lipinski definition) is 0. The molecule has 0 saturated carbocycles. The molecule has 0 saturated heterocycles. The molecule has 1 aliphatic rings. The number of hydrogen-bond acceptors (Lipinski definition) is 2. The van der Waals surface area contributed by atoms with Gasteiger partial charge in [-0.05, 0) is 41.8 Å². The lowest BCUT2D eigenvalue weighted by molar-refractivity contribution is -0.115. The largest absolute Gasteiger partial charge is 0.497 e. The molecule has 0 heterocycles. The van der Waals surface area contributed by atoms with Crippen LogP contribution < -0.4 is 4.74 Å². The van der Waals surface area contributed by atoms with Crippen LogP contribution in [0.4, 0.5) is 0 Å². The highest BCUT2D eigenvalue weighted by Crippen LogP contribution is 2.34. The maximum absolute atomic E-state index is 12.7. The van der Waals surface area contributed by atoms with Gasteiger partial charge in [-0.1, -0.05) is 48.5 Å². The quantitative estimate of drug-likeness (QED) is 0.784. The molecule has 0 spiro atoms. The molecule has 22 heavy (non-hydrogen) atoms. The van der Waals surface area contributed by atoms with E-state index in [2.05, 4.69) is 0 Å². The Kier molecular flexibility index (Phi) is 3.92. The number of allylic oxidation sites excluding steroid dienone is 3. The van der Waals surface area contributed by atoms with E-state index in [1.54, 1.807) is 7.11 Å². The summed E-state index contributed by atoms with van der Waals surface area (Å²) in [4.78, 5) is 12.7. The number of carbonyl (C=O) groups is 1. The minimum atomic E-state index is -0.161. The Morgan fingerprint density at radius 1 is 1.00 bits per heavy atom. The first kappa shape index (κ1) is 14.3. The molecule has 0 amide bonds. The number of ether oxygens (including phenoxy) is 1. The maximum Gasteiger partial charge on any atom is 0.174 e. The van der Waals surface area contributed by atoms with Crippen LogP contribution in [0, 0.1) is 0 Å². The summed E-state index contributed by atoms with van der Waals surface area (Å²) in [6.07, 6.45) is 4.00. The monoisotopic (exact) mass is 290 g/mol. The van der Waals surface area contributed by atoms with Crippen LogP contribution in [-0.2, 0) is 4.79 Å². The Bertz CT molecular complexity index is 737. The molecule has 1 unspecified atom stereocenters. The summed E-state index contributed by atoms with van der Waals surface area (Å²) in [7, 11) is 1.64. The fourth-order valence-electron chi connectivity index (χ4n) is 2.74. The van der Waals surface area contributed by atoms with Gasteiger partial charge in [0, 0.05) is 5.57 Å². The Morgan fingerprint density at radius 3 is 2.32 bits per heavy atom. The van der Waals surface area contributed by atoms with Gasteiger partial charge in [0.1, 0.15) is 5.75 Å². The van der Waals surface area contributed by atoms with Crippen molar-refractivity contribution in [3.8, 4) is 5.75 Å². The van der Waals surface area contributed by atoms with Crippen LogP contribution in [0.3, 0.4) is 0 Å². The molecule has 110 valence electrons. The number of ketones is 1. The molecule has 2 aromatic carbocycles. The first-order chi connectivity index (χ1) is 10.7. The fourth-order valence-corrected chi connectivity index (χ4v) is 2.74. The Labute approximate surface area is 130 Å². The van der Waals surface area contributed by atoms with Gasteiger partial charge in [-0.25, -0.2) is 0 Å². The summed E-state index contributed by atoms with van der Waals surface area (Å²) in [5.74, 6) is 0.819.